The number of hydrogen-bond donors (Lipinski definition) is 2. The van der Waals surface area contributed by atoms with E-state index < -0.39 is 15.9 Å². The molecule has 1 aromatic carbocycles. The molecule has 1 amide bonds. The van der Waals surface area contributed by atoms with E-state index in [1.165, 1.54) is 12.5 Å². The minimum Gasteiger partial charge on any atom is -0.321 e. The molecule has 0 saturated heterocycles. The number of rotatable bonds is 4. The first-order chi connectivity index (χ1) is 13.2. The van der Waals surface area contributed by atoms with E-state index in [1.54, 1.807) is 38.2 Å². The third kappa shape index (κ3) is 3.27. The third-order valence-electron chi connectivity index (χ3n) is 5.35. The van der Waals surface area contributed by atoms with Gasteiger partial charge in [0.05, 0.1) is 10.6 Å². The number of carbonyl (C=O) groups is 1. The Morgan fingerprint density at radius 2 is 1.96 bits per heavy atom. The van der Waals surface area contributed by atoms with E-state index >= 15 is 0 Å². The molecule has 0 atom stereocenters. The molecule has 4 rings (SSSR count). The second kappa shape index (κ2) is 6.68. The lowest BCUT2D eigenvalue weighted by Gasteiger charge is -2.23. The molecule has 0 aliphatic heterocycles. The standard InChI is InChI=1S/C19H21N5O3S/c1-11-8-14(9-16(12(11)2)28(20,26)27)19(25)21-15-6-7-17-22-23-18(24(17)10-15)13-4-3-5-13/h6-10,13H,3-5H2,1-2H3,(H,21,25)(H2,20,26,27). The van der Waals surface area contributed by atoms with Crippen molar-refractivity contribution >= 4 is 27.3 Å². The van der Waals surface area contributed by atoms with E-state index in [1.807, 2.05) is 4.40 Å². The molecule has 3 N–H and O–H groups in total. The van der Waals surface area contributed by atoms with Gasteiger partial charge < -0.3 is 5.32 Å². The summed E-state index contributed by atoms with van der Waals surface area (Å²) >= 11 is 0. The number of primary sulfonamides is 1. The molecule has 0 bridgehead atoms. The number of aryl methyl sites for hydroxylation is 1. The first kappa shape index (κ1) is 18.6. The minimum absolute atomic E-state index is 0.0424. The van der Waals surface area contributed by atoms with Crippen LogP contribution in [0.2, 0.25) is 0 Å². The van der Waals surface area contributed by atoms with E-state index in [0.29, 0.717) is 22.7 Å². The molecule has 0 spiro atoms. The summed E-state index contributed by atoms with van der Waals surface area (Å²) in [4.78, 5) is 12.7. The van der Waals surface area contributed by atoms with Gasteiger partial charge in [0.2, 0.25) is 10.0 Å². The van der Waals surface area contributed by atoms with Crippen LogP contribution < -0.4 is 10.5 Å². The lowest BCUT2D eigenvalue weighted by molar-refractivity contribution is 0.102. The summed E-state index contributed by atoms with van der Waals surface area (Å²) < 4.78 is 25.5. The lowest BCUT2D eigenvalue weighted by Crippen LogP contribution is -2.18. The van der Waals surface area contributed by atoms with Gasteiger partial charge >= 0.3 is 0 Å². The highest BCUT2D eigenvalue weighted by atomic mass is 32.2. The molecule has 0 unspecified atom stereocenters. The van der Waals surface area contributed by atoms with Gasteiger partial charge in [-0.25, -0.2) is 13.6 Å². The second-order valence-electron chi connectivity index (χ2n) is 7.25. The number of hydrogen-bond acceptors (Lipinski definition) is 5. The monoisotopic (exact) mass is 399 g/mol. The number of nitrogens with two attached hydrogens (primary N) is 1. The normalized spacial score (nSPS) is 14.8. The molecule has 1 aliphatic rings. The maximum Gasteiger partial charge on any atom is 0.255 e. The van der Waals surface area contributed by atoms with Crippen molar-refractivity contribution in [1.82, 2.24) is 14.6 Å². The van der Waals surface area contributed by atoms with Crippen molar-refractivity contribution in [2.24, 2.45) is 5.14 Å². The van der Waals surface area contributed by atoms with E-state index in [0.717, 1.165) is 24.3 Å². The Labute approximate surface area is 162 Å². The smallest absolute Gasteiger partial charge is 0.255 e. The summed E-state index contributed by atoms with van der Waals surface area (Å²) in [5.74, 6) is 0.892. The molecule has 9 heteroatoms. The number of carbonyl (C=O) groups excluding carboxylic acids is 1. The minimum atomic E-state index is -3.92. The molecule has 1 fully saturated rings. The van der Waals surface area contributed by atoms with Crippen molar-refractivity contribution in [3.8, 4) is 0 Å². The highest BCUT2D eigenvalue weighted by Crippen LogP contribution is 2.35. The zero-order valence-corrected chi connectivity index (χ0v) is 16.5. The summed E-state index contributed by atoms with van der Waals surface area (Å²) in [5, 5.41) is 16.6. The Bertz CT molecular complexity index is 1200. The molecule has 2 heterocycles. The molecular weight excluding hydrogens is 378 g/mol. The molecular formula is C19H21N5O3S. The Morgan fingerprint density at radius 1 is 1.21 bits per heavy atom. The average molecular weight is 399 g/mol. The van der Waals surface area contributed by atoms with Crippen LogP contribution in [0.25, 0.3) is 5.65 Å². The SMILES string of the molecule is Cc1cc(C(=O)Nc2ccc3nnc(C4CCC4)n3c2)cc(S(N)(=O)=O)c1C. The van der Waals surface area contributed by atoms with Gasteiger partial charge in [-0.3, -0.25) is 9.20 Å². The van der Waals surface area contributed by atoms with Gasteiger partial charge in [0.15, 0.2) is 5.65 Å². The van der Waals surface area contributed by atoms with Crippen molar-refractivity contribution in [3.05, 3.63) is 53.0 Å². The maximum atomic E-state index is 12.7. The van der Waals surface area contributed by atoms with E-state index in [9.17, 15) is 13.2 Å². The fourth-order valence-electron chi connectivity index (χ4n) is 3.38. The molecule has 1 aliphatic carbocycles. The van der Waals surface area contributed by atoms with Crippen LogP contribution >= 0.6 is 0 Å². The Hall–Kier alpha value is -2.78. The van der Waals surface area contributed by atoms with Crippen LogP contribution in [0.5, 0.6) is 0 Å². The Kier molecular flexibility index (Phi) is 4.43. The van der Waals surface area contributed by atoms with E-state index in [2.05, 4.69) is 15.5 Å². The summed E-state index contributed by atoms with van der Waals surface area (Å²) in [6.07, 6.45) is 5.17. The number of sulfonamides is 1. The summed E-state index contributed by atoms with van der Waals surface area (Å²) in [5.41, 5.74) is 2.75. The van der Waals surface area contributed by atoms with Gasteiger partial charge in [-0.2, -0.15) is 0 Å². The van der Waals surface area contributed by atoms with Crippen molar-refractivity contribution in [2.75, 3.05) is 5.32 Å². The number of anilines is 1. The highest BCUT2D eigenvalue weighted by molar-refractivity contribution is 7.89. The van der Waals surface area contributed by atoms with Crippen molar-refractivity contribution < 1.29 is 13.2 Å². The van der Waals surface area contributed by atoms with Crippen LogP contribution in [-0.2, 0) is 10.0 Å². The summed E-state index contributed by atoms with van der Waals surface area (Å²) in [6.45, 7) is 3.41. The second-order valence-corrected chi connectivity index (χ2v) is 8.78. The molecule has 2 aromatic heterocycles. The zero-order valence-electron chi connectivity index (χ0n) is 15.6. The summed E-state index contributed by atoms with van der Waals surface area (Å²) in [7, 11) is -3.92. The number of benzene rings is 1. The Balaban J connectivity index is 1.66. The first-order valence-corrected chi connectivity index (χ1v) is 10.6. The van der Waals surface area contributed by atoms with Gasteiger partial charge in [-0.05, 0) is 62.1 Å². The summed E-state index contributed by atoms with van der Waals surface area (Å²) in [6, 6.07) is 6.50. The topological polar surface area (TPSA) is 119 Å². The predicted molar refractivity (Wildman–Crippen MR) is 105 cm³/mol. The molecule has 0 radical (unpaired) electrons. The van der Waals surface area contributed by atoms with Gasteiger partial charge in [-0.1, -0.05) is 6.42 Å². The lowest BCUT2D eigenvalue weighted by atomic mass is 9.85. The fourth-order valence-corrected chi connectivity index (χ4v) is 4.26. The van der Waals surface area contributed by atoms with Crippen LogP contribution in [-0.4, -0.2) is 28.9 Å². The van der Waals surface area contributed by atoms with E-state index in [-0.39, 0.29) is 10.5 Å². The maximum absolute atomic E-state index is 12.7. The largest absolute Gasteiger partial charge is 0.321 e. The van der Waals surface area contributed by atoms with Crippen molar-refractivity contribution in [3.63, 3.8) is 0 Å². The molecule has 28 heavy (non-hydrogen) atoms. The molecule has 146 valence electrons. The van der Waals surface area contributed by atoms with Crippen LogP contribution in [0, 0.1) is 13.8 Å². The quantitative estimate of drug-likeness (QED) is 0.698. The molecule has 3 aromatic rings. The number of nitrogens with zero attached hydrogens (tertiary/aromatic N) is 3. The fraction of sp³-hybridized carbons (Fsp3) is 0.316. The van der Waals surface area contributed by atoms with Crippen LogP contribution in [0.3, 0.4) is 0 Å². The highest BCUT2D eigenvalue weighted by Gasteiger charge is 2.24. The van der Waals surface area contributed by atoms with Crippen molar-refractivity contribution in [1.29, 1.82) is 0 Å². The van der Waals surface area contributed by atoms with Gasteiger partial charge in [0.25, 0.3) is 5.91 Å². The van der Waals surface area contributed by atoms with E-state index in [4.69, 9.17) is 5.14 Å². The van der Waals surface area contributed by atoms with Crippen molar-refractivity contribution in [2.45, 2.75) is 43.9 Å². The van der Waals surface area contributed by atoms with Gasteiger partial charge in [0.1, 0.15) is 5.82 Å². The zero-order chi connectivity index (χ0) is 20.1. The van der Waals surface area contributed by atoms with Gasteiger partial charge in [0, 0.05) is 17.7 Å². The van der Waals surface area contributed by atoms with Crippen LogP contribution in [0.1, 0.15) is 52.5 Å². The number of pyridine rings is 1. The predicted octanol–water partition coefficient (Wildman–Crippen LogP) is 2.51. The first-order valence-electron chi connectivity index (χ1n) is 9.04. The van der Waals surface area contributed by atoms with Gasteiger partial charge in [-0.15, -0.1) is 10.2 Å². The number of aromatic nitrogens is 3. The Morgan fingerprint density at radius 3 is 2.61 bits per heavy atom. The number of fused-ring (bicyclic) bond motifs is 1. The number of amides is 1. The third-order valence-corrected chi connectivity index (χ3v) is 6.38. The van der Waals surface area contributed by atoms with Crippen LogP contribution in [0.4, 0.5) is 5.69 Å². The number of nitrogens with one attached hydrogen (secondary N) is 1. The molecule has 1 saturated carbocycles. The average Bonchev–Trinajstić information content (AvgIpc) is 2.97. The van der Waals surface area contributed by atoms with Crippen LogP contribution in [0.15, 0.2) is 35.4 Å². The molecule has 8 nitrogen and oxygen atoms in total.